The highest BCUT2D eigenvalue weighted by Crippen LogP contribution is 2.32. The van der Waals surface area contributed by atoms with E-state index in [1.807, 2.05) is 0 Å². The summed E-state index contributed by atoms with van der Waals surface area (Å²) in [5, 5.41) is 3.39. The number of rotatable bonds is 3. The zero-order valence-electron chi connectivity index (χ0n) is 19.0. The second-order valence-electron chi connectivity index (χ2n) is 10.5. The van der Waals surface area contributed by atoms with Gasteiger partial charge in [0.2, 0.25) is 5.91 Å². The lowest BCUT2D eigenvalue weighted by molar-refractivity contribution is -0.136. The Balaban J connectivity index is 1.19. The molecule has 32 heavy (non-hydrogen) atoms. The number of hydrogen-bond donors (Lipinski definition) is 1. The van der Waals surface area contributed by atoms with Crippen LogP contribution in [0.3, 0.4) is 0 Å². The number of carbonyl (C=O) groups excluding carboxylic acids is 1. The van der Waals surface area contributed by atoms with Crippen molar-refractivity contribution < 1.29 is 4.79 Å². The van der Waals surface area contributed by atoms with Crippen LogP contribution in [0.2, 0.25) is 0 Å². The standard InChI is InChI=1S/C25H35N5O2/c31-24(18-5-1-2-6-18)28-12-9-17(10-13-28)22-15-23-26-21-11-14-29(19-7-3-4-8-19)16-20(21)25(32)30(23)27-22/h15,17-19,27H,1-14,16H2. The summed E-state index contributed by atoms with van der Waals surface area (Å²) < 4.78 is 1.67. The number of carbonyl (C=O) groups is 1. The van der Waals surface area contributed by atoms with Gasteiger partial charge in [0.15, 0.2) is 5.65 Å². The summed E-state index contributed by atoms with van der Waals surface area (Å²) in [5.41, 5.74) is 3.80. The molecule has 3 fully saturated rings. The van der Waals surface area contributed by atoms with Crippen molar-refractivity contribution in [1.82, 2.24) is 24.4 Å². The van der Waals surface area contributed by atoms with Gasteiger partial charge in [0, 0.05) is 62.2 Å². The molecule has 4 heterocycles. The average molecular weight is 438 g/mol. The third kappa shape index (κ3) is 3.58. The van der Waals surface area contributed by atoms with Gasteiger partial charge in [-0.25, -0.2) is 9.50 Å². The molecule has 2 aliphatic carbocycles. The molecule has 1 N–H and O–H groups in total. The van der Waals surface area contributed by atoms with Gasteiger partial charge in [0.25, 0.3) is 5.56 Å². The molecule has 6 rings (SSSR count). The van der Waals surface area contributed by atoms with Gasteiger partial charge in [-0.15, -0.1) is 0 Å². The maximum absolute atomic E-state index is 13.3. The first-order valence-corrected chi connectivity index (χ1v) is 12.8. The van der Waals surface area contributed by atoms with Crippen molar-refractivity contribution in [2.24, 2.45) is 5.92 Å². The van der Waals surface area contributed by atoms with Crippen molar-refractivity contribution in [3.05, 3.63) is 33.4 Å². The number of piperidine rings is 1. The molecule has 1 amide bonds. The molecule has 0 aromatic carbocycles. The topological polar surface area (TPSA) is 73.7 Å². The Morgan fingerprint density at radius 2 is 1.69 bits per heavy atom. The number of nitrogens with one attached hydrogen (secondary N) is 1. The minimum absolute atomic E-state index is 0.0767. The van der Waals surface area contributed by atoms with E-state index >= 15 is 0 Å². The van der Waals surface area contributed by atoms with Crippen molar-refractivity contribution in [1.29, 1.82) is 0 Å². The maximum atomic E-state index is 13.3. The minimum Gasteiger partial charge on any atom is -0.342 e. The third-order valence-corrected chi connectivity index (χ3v) is 8.60. The molecule has 7 heteroatoms. The SMILES string of the molecule is O=C(C1CCCC1)N1CCC(c2cc3nc4c(c(=O)n3[nH]2)CN(C2CCCC2)CC4)CC1. The summed E-state index contributed by atoms with van der Waals surface area (Å²) in [4.78, 5) is 35.6. The van der Waals surface area contributed by atoms with Gasteiger partial charge < -0.3 is 4.90 Å². The second-order valence-corrected chi connectivity index (χ2v) is 10.5. The first kappa shape index (κ1) is 20.5. The number of H-pyrrole nitrogens is 1. The second kappa shape index (κ2) is 8.32. The lowest BCUT2D eigenvalue weighted by atomic mass is 9.92. The van der Waals surface area contributed by atoms with E-state index in [9.17, 15) is 9.59 Å². The van der Waals surface area contributed by atoms with Gasteiger partial charge >= 0.3 is 0 Å². The molecular weight excluding hydrogens is 402 g/mol. The van der Waals surface area contributed by atoms with Crippen molar-refractivity contribution in [2.75, 3.05) is 19.6 Å². The van der Waals surface area contributed by atoms with Crippen molar-refractivity contribution >= 4 is 11.6 Å². The van der Waals surface area contributed by atoms with Crippen LogP contribution >= 0.6 is 0 Å². The van der Waals surface area contributed by atoms with Gasteiger partial charge in [-0.1, -0.05) is 25.7 Å². The van der Waals surface area contributed by atoms with E-state index in [4.69, 9.17) is 4.98 Å². The lowest BCUT2D eigenvalue weighted by Crippen LogP contribution is -2.41. The number of amides is 1. The van der Waals surface area contributed by atoms with Crippen molar-refractivity contribution in [3.63, 3.8) is 0 Å². The molecule has 2 aromatic heterocycles. The molecule has 172 valence electrons. The first-order chi connectivity index (χ1) is 15.7. The van der Waals surface area contributed by atoms with E-state index in [1.165, 1.54) is 38.5 Å². The molecule has 7 nitrogen and oxygen atoms in total. The molecule has 0 atom stereocenters. The van der Waals surface area contributed by atoms with Crippen LogP contribution in [0, 0.1) is 5.92 Å². The molecule has 0 bridgehead atoms. The van der Waals surface area contributed by atoms with Crippen LogP contribution in [-0.2, 0) is 17.8 Å². The van der Waals surface area contributed by atoms with Crippen LogP contribution < -0.4 is 5.56 Å². The number of aromatic nitrogens is 3. The molecule has 0 spiro atoms. The first-order valence-electron chi connectivity index (χ1n) is 12.8. The van der Waals surface area contributed by atoms with Crippen LogP contribution in [0.4, 0.5) is 0 Å². The molecule has 4 aliphatic rings. The van der Waals surface area contributed by atoms with Gasteiger partial charge in [-0.3, -0.25) is 19.6 Å². The van der Waals surface area contributed by atoms with E-state index < -0.39 is 0 Å². The van der Waals surface area contributed by atoms with E-state index in [0.29, 0.717) is 17.9 Å². The van der Waals surface area contributed by atoms with Crippen LogP contribution in [0.5, 0.6) is 0 Å². The lowest BCUT2D eigenvalue weighted by Gasteiger charge is -2.33. The monoisotopic (exact) mass is 437 g/mol. The van der Waals surface area contributed by atoms with Crippen molar-refractivity contribution in [3.8, 4) is 0 Å². The number of fused-ring (bicyclic) bond motifs is 2. The summed E-state index contributed by atoms with van der Waals surface area (Å²) in [6.45, 7) is 3.41. The fraction of sp³-hybridized carbons (Fsp3) is 0.720. The Bertz CT molecular complexity index is 1050. The fourth-order valence-corrected chi connectivity index (χ4v) is 6.65. The van der Waals surface area contributed by atoms with E-state index in [-0.39, 0.29) is 11.5 Å². The molecule has 1 saturated heterocycles. The van der Waals surface area contributed by atoms with Gasteiger partial charge in [-0.2, -0.15) is 0 Å². The summed E-state index contributed by atoms with van der Waals surface area (Å²) in [6.07, 6.45) is 12.5. The van der Waals surface area contributed by atoms with Crippen LogP contribution in [0.15, 0.2) is 10.9 Å². The minimum atomic E-state index is 0.0767. The van der Waals surface area contributed by atoms with E-state index in [2.05, 4.69) is 21.0 Å². The Kier molecular flexibility index (Phi) is 5.32. The van der Waals surface area contributed by atoms with E-state index in [1.54, 1.807) is 4.52 Å². The summed E-state index contributed by atoms with van der Waals surface area (Å²) in [5.74, 6) is 0.989. The summed E-state index contributed by atoms with van der Waals surface area (Å²) in [6, 6.07) is 2.71. The molecule has 0 unspecified atom stereocenters. The normalized spacial score (nSPS) is 23.9. The number of hydrogen-bond acceptors (Lipinski definition) is 4. The quantitative estimate of drug-likeness (QED) is 0.800. The molecular formula is C25H35N5O2. The Morgan fingerprint density at radius 1 is 0.969 bits per heavy atom. The molecule has 2 aliphatic heterocycles. The zero-order valence-corrected chi connectivity index (χ0v) is 19.0. The third-order valence-electron chi connectivity index (χ3n) is 8.60. The predicted molar refractivity (Wildman–Crippen MR) is 123 cm³/mol. The highest BCUT2D eigenvalue weighted by Gasteiger charge is 2.32. The Morgan fingerprint density at radius 3 is 2.44 bits per heavy atom. The highest BCUT2D eigenvalue weighted by atomic mass is 16.2. The maximum Gasteiger partial charge on any atom is 0.277 e. The van der Waals surface area contributed by atoms with E-state index in [0.717, 1.165) is 80.9 Å². The van der Waals surface area contributed by atoms with Crippen LogP contribution in [0.25, 0.3) is 5.65 Å². The molecule has 2 saturated carbocycles. The number of aromatic amines is 1. The van der Waals surface area contributed by atoms with Gasteiger partial charge in [0.05, 0.1) is 11.3 Å². The largest absolute Gasteiger partial charge is 0.342 e. The smallest absolute Gasteiger partial charge is 0.277 e. The Labute approximate surface area is 189 Å². The average Bonchev–Trinajstić information content (AvgIpc) is 3.60. The molecule has 2 aromatic rings. The summed E-state index contributed by atoms with van der Waals surface area (Å²) in [7, 11) is 0. The predicted octanol–water partition coefficient (Wildman–Crippen LogP) is 3.22. The van der Waals surface area contributed by atoms with Gasteiger partial charge in [-0.05, 0) is 38.5 Å². The van der Waals surface area contributed by atoms with Crippen molar-refractivity contribution in [2.45, 2.75) is 89.1 Å². The highest BCUT2D eigenvalue weighted by molar-refractivity contribution is 5.79. The fourth-order valence-electron chi connectivity index (χ4n) is 6.65. The summed E-state index contributed by atoms with van der Waals surface area (Å²) >= 11 is 0. The number of nitrogens with zero attached hydrogens (tertiary/aromatic N) is 4. The zero-order chi connectivity index (χ0) is 21.7. The molecule has 0 radical (unpaired) electrons. The number of likely N-dealkylation sites (tertiary alicyclic amines) is 1. The van der Waals surface area contributed by atoms with Gasteiger partial charge in [0.1, 0.15) is 0 Å². The van der Waals surface area contributed by atoms with Crippen LogP contribution in [-0.4, -0.2) is 56.0 Å². The van der Waals surface area contributed by atoms with Crippen LogP contribution in [0.1, 0.15) is 87.1 Å². The Hall–Kier alpha value is -2.15.